The summed E-state index contributed by atoms with van der Waals surface area (Å²) in [4.78, 5) is 15.4. The third kappa shape index (κ3) is 3.27. The van der Waals surface area contributed by atoms with E-state index in [1.54, 1.807) is 13.1 Å². The van der Waals surface area contributed by atoms with Crippen LogP contribution in [-0.4, -0.2) is 24.1 Å². The summed E-state index contributed by atoms with van der Waals surface area (Å²) in [6.45, 7) is 3.12. The fraction of sp³-hybridized carbons (Fsp3) is 0.538. The molecule has 1 aliphatic heterocycles. The van der Waals surface area contributed by atoms with Gasteiger partial charge in [0.15, 0.2) is 0 Å². The lowest BCUT2D eigenvalue weighted by molar-refractivity contribution is -0.120. The second-order valence-electron chi connectivity index (χ2n) is 4.41. The van der Waals surface area contributed by atoms with E-state index < -0.39 is 0 Å². The van der Waals surface area contributed by atoms with Crippen molar-refractivity contribution in [3.05, 3.63) is 30.1 Å². The Hall–Kier alpha value is -1.42. The number of pyridine rings is 1. The van der Waals surface area contributed by atoms with Crippen LogP contribution in [0.1, 0.15) is 31.4 Å². The molecule has 1 aromatic heterocycles. The quantitative estimate of drug-likeness (QED) is 0.865. The van der Waals surface area contributed by atoms with Gasteiger partial charge in [-0.15, -0.1) is 0 Å². The average Bonchev–Trinajstić information content (AvgIpc) is 2.38. The molecule has 1 amide bonds. The molecule has 0 bridgehead atoms. The fourth-order valence-corrected chi connectivity index (χ4v) is 2.30. The molecule has 0 aromatic carbocycles. The Morgan fingerprint density at radius 3 is 2.88 bits per heavy atom. The highest BCUT2D eigenvalue weighted by Gasteiger charge is 2.26. The van der Waals surface area contributed by atoms with E-state index in [1.165, 1.54) is 0 Å². The minimum atomic E-state index is 0.00495. The summed E-state index contributed by atoms with van der Waals surface area (Å²) in [7, 11) is 0. The van der Waals surface area contributed by atoms with Crippen LogP contribution in [-0.2, 0) is 9.53 Å². The number of nitrogens with zero attached hydrogens (tertiary/aromatic N) is 1. The molecule has 1 unspecified atom stereocenters. The maximum atomic E-state index is 11.3. The predicted octanol–water partition coefficient (Wildman–Crippen LogP) is 1.69. The molecule has 4 heteroatoms. The zero-order chi connectivity index (χ0) is 12.1. The maximum Gasteiger partial charge on any atom is 0.217 e. The minimum absolute atomic E-state index is 0.00495. The molecule has 1 N–H and O–H groups in total. The molecule has 92 valence electrons. The number of hydrogen-bond donors (Lipinski definition) is 1. The van der Waals surface area contributed by atoms with E-state index in [-0.39, 0.29) is 11.9 Å². The van der Waals surface area contributed by atoms with Crippen molar-refractivity contribution in [3.63, 3.8) is 0 Å². The van der Waals surface area contributed by atoms with Gasteiger partial charge in [-0.2, -0.15) is 0 Å². The molecule has 1 aromatic rings. The van der Waals surface area contributed by atoms with Crippen molar-refractivity contribution < 1.29 is 9.53 Å². The van der Waals surface area contributed by atoms with Gasteiger partial charge in [0.2, 0.25) is 5.91 Å². The van der Waals surface area contributed by atoms with E-state index in [1.807, 2.05) is 18.3 Å². The van der Waals surface area contributed by atoms with Gasteiger partial charge in [0.05, 0.1) is 6.04 Å². The van der Waals surface area contributed by atoms with E-state index in [9.17, 15) is 4.79 Å². The molecule has 1 saturated heterocycles. The summed E-state index contributed by atoms with van der Waals surface area (Å²) in [6, 6.07) is 3.98. The Kier molecular flexibility index (Phi) is 4.09. The summed E-state index contributed by atoms with van der Waals surface area (Å²) in [5.74, 6) is 0.446. The Bertz CT molecular complexity index is 361. The zero-order valence-corrected chi connectivity index (χ0v) is 10.1. The van der Waals surface area contributed by atoms with Crippen LogP contribution in [0.5, 0.6) is 0 Å². The second-order valence-corrected chi connectivity index (χ2v) is 4.41. The van der Waals surface area contributed by atoms with Gasteiger partial charge >= 0.3 is 0 Å². The van der Waals surface area contributed by atoms with Gasteiger partial charge < -0.3 is 10.1 Å². The average molecular weight is 234 g/mol. The number of ether oxygens (including phenoxy) is 1. The van der Waals surface area contributed by atoms with Crippen molar-refractivity contribution in [1.29, 1.82) is 0 Å². The largest absolute Gasteiger partial charge is 0.381 e. The molecule has 17 heavy (non-hydrogen) atoms. The molecular formula is C13H18N2O2. The van der Waals surface area contributed by atoms with Crippen LogP contribution >= 0.6 is 0 Å². The Morgan fingerprint density at radius 1 is 1.53 bits per heavy atom. The van der Waals surface area contributed by atoms with E-state index in [2.05, 4.69) is 10.3 Å². The molecule has 4 nitrogen and oxygen atoms in total. The van der Waals surface area contributed by atoms with Crippen molar-refractivity contribution in [2.24, 2.45) is 5.92 Å². The third-order valence-corrected chi connectivity index (χ3v) is 3.14. The smallest absolute Gasteiger partial charge is 0.217 e. The third-order valence-electron chi connectivity index (χ3n) is 3.14. The monoisotopic (exact) mass is 234 g/mol. The summed E-state index contributed by atoms with van der Waals surface area (Å²) >= 11 is 0. The molecule has 0 spiro atoms. The lowest BCUT2D eigenvalue weighted by Gasteiger charge is -2.30. The molecular weight excluding hydrogens is 216 g/mol. The summed E-state index contributed by atoms with van der Waals surface area (Å²) in [6.07, 6.45) is 5.55. The first kappa shape index (κ1) is 12.0. The van der Waals surface area contributed by atoms with Gasteiger partial charge in [0, 0.05) is 32.5 Å². The first-order valence-electron chi connectivity index (χ1n) is 6.02. The standard InChI is InChI=1S/C13H18N2O2/c1-10(16)15-13(11-4-7-17-8-5-11)12-3-2-6-14-9-12/h2-3,6,9,11,13H,4-5,7-8H2,1H3,(H,15,16). The van der Waals surface area contributed by atoms with Crippen LogP contribution in [0.4, 0.5) is 0 Å². The van der Waals surface area contributed by atoms with E-state index >= 15 is 0 Å². The topological polar surface area (TPSA) is 51.2 Å². The SMILES string of the molecule is CC(=O)NC(c1cccnc1)C1CCOCC1. The fourth-order valence-electron chi connectivity index (χ4n) is 2.30. The van der Waals surface area contributed by atoms with E-state index in [0.717, 1.165) is 31.6 Å². The van der Waals surface area contributed by atoms with Gasteiger partial charge in [0.25, 0.3) is 0 Å². The summed E-state index contributed by atoms with van der Waals surface area (Å²) < 4.78 is 5.36. The Morgan fingerprint density at radius 2 is 2.29 bits per heavy atom. The lowest BCUT2D eigenvalue weighted by Crippen LogP contribution is -2.34. The van der Waals surface area contributed by atoms with Crippen LogP contribution in [0.15, 0.2) is 24.5 Å². The van der Waals surface area contributed by atoms with E-state index in [0.29, 0.717) is 5.92 Å². The Labute approximate surface area is 101 Å². The lowest BCUT2D eigenvalue weighted by atomic mass is 9.87. The van der Waals surface area contributed by atoms with Gasteiger partial charge in [-0.3, -0.25) is 9.78 Å². The zero-order valence-electron chi connectivity index (χ0n) is 10.1. The molecule has 0 radical (unpaired) electrons. The van der Waals surface area contributed by atoms with E-state index in [4.69, 9.17) is 4.74 Å². The number of carbonyl (C=O) groups excluding carboxylic acids is 1. The Balaban J connectivity index is 2.15. The van der Waals surface area contributed by atoms with Crippen molar-refractivity contribution in [2.45, 2.75) is 25.8 Å². The molecule has 0 aliphatic carbocycles. The van der Waals surface area contributed by atoms with Crippen molar-refractivity contribution >= 4 is 5.91 Å². The van der Waals surface area contributed by atoms with Gasteiger partial charge in [0.1, 0.15) is 0 Å². The molecule has 1 aliphatic rings. The van der Waals surface area contributed by atoms with Crippen LogP contribution in [0.25, 0.3) is 0 Å². The highest BCUT2D eigenvalue weighted by atomic mass is 16.5. The minimum Gasteiger partial charge on any atom is -0.381 e. The first-order valence-corrected chi connectivity index (χ1v) is 6.02. The van der Waals surface area contributed by atoms with Crippen molar-refractivity contribution in [1.82, 2.24) is 10.3 Å². The first-order chi connectivity index (χ1) is 8.27. The normalized spacial score (nSPS) is 18.6. The molecule has 1 atom stereocenters. The van der Waals surface area contributed by atoms with Crippen LogP contribution in [0.3, 0.4) is 0 Å². The highest BCUT2D eigenvalue weighted by molar-refractivity contribution is 5.73. The van der Waals surface area contributed by atoms with Gasteiger partial charge in [-0.05, 0) is 30.4 Å². The number of hydrogen-bond acceptors (Lipinski definition) is 3. The molecule has 1 fully saturated rings. The summed E-state index contributed by atoms with van der Waals surface area (Å²) in [5.41, 5.74) is 1.08. The van der Waals surface area contributed by atoms with Crippen molar-refractivity contribution in [3.8, 4) is 0 Å². The van der Waals surface area contributed by atoms with Crippen LogP contribution in [0.2, 0.25) is 0 Å². The highest BCUT2D eigenvalue weighted by Crippen LogP contribution is 2.29. The van der Waals surface area contributed by atoms with Gasteiger partial charge in [-0.25, -0.2) is 0 Å². The van der Waals surface area contributed by atoms with Crippen LogP contribution < -0.4 is 5.32 Å². The number of aromatic nitrogens is 1. The number of nitrogens with one attached hydrogen (secondary N) is 1. The molecule has 2 heterocycles. The van der Waals surface area contributed by atoms with Crippen molar-refractivity contribution in [2.75, 3.05) is 13.2 Å². The summed E-state index contributed by atoms with van der Waals surface area (Å²) in [5, 5.41) is 3.03. The number of carbonyl (C=O) groups is 1. The predicted molar refractivity (Wildman–Crippen MR) is 64.3 cm³/mol. The number of amides is 1. The van der Waals surface area contributed by atoms with Gasteiger partial charge in [-0.1, -0.05) is 6.07 Å². The maximum absolute atomic E-state index is 11.3. The van der Waals surface area contributed by atoms with Crippen LogP contribution in [0, 0.1) is 5.92 Å². The molecule has 0 saturated carbocycles. The molecule has 2 rings (SSSR count). The number of rotatable bonds is 3. The second kappa shape index (κ2) is 5.77.